The Bertz CT molecular complexity index is 682. The number of halogens is 2. The molecule has 0 atom stereocenters. The first-order chi connectivity index (χ1) is 10.5. The predicted octanol–water partition coefficient (Wildman–Crippen LogP) is 3.41. The van der Waals surface area contributed by atoms with Crippen molar-refractivity contribution >= 4 is 34.8 Å². The lowest BCUT2D eigenvalue weighted by Crippen LogP contribution is -2.23. The number of rotatable bonds is 5. The van der Waals surface area contributed by atoms with Crippen molar-refractivity contribution in [2.45, 2.75) is 13.2 Å². The number of guanidine groups is 1. The lowest BCUT2D eigenvalue weighted by Gasteiger charge is -2.11. The fourth-order valence-electron chi connectivity index (χ4n) is 2.01. The van der Waals surface area contributed by atoms with Crippen LogP contribution in [-0.2, 0) is 24.9 Å². The van der Waals surface area contributed by atoms with Crippen LogP contribution in [0.3, 0.4) is 0 Å². The second kappa shape index (κ2) is 7.54. The summed E-state index contributed by atoms with van der Waals surface area (Å²) in [7, 11) is 3.48. The van der Waals surface area contributed by atoms with Crippen molar-refractivity contribution < 1.29 is 4.74 Å². The van der Waals surface area contributed by atoms with E-state index in [2.05, 4.69) is 10.3 Å². The van der Waals surface area contributed by atoms with Crippen LogP contribution >= 0.6 is 23.2 Å². The number of ether oxygens (including phenoxy) is 1. The molecule has 0 amide bonds. The van der Waals surface area contributed by atoms with Crippen molar-refractivity contribution in [2.24, 2.45) is 17.8 Å². The van der Waals surface area contributed by atoms with Gasteiger partial charge in [-0.15, -0.1) is 0 Å². The van der Waals surface area contributed by atoms with Crippen LogP contribution in [0.15, 0.2) is 35.3 Å². The quantitative estimate of drug-likeness (QED) is 0.647. The third-order valence-electron chi connectivity index (χ3n) is 3.21. The van der Waals surface area contributed by atoms with Gasteiger partial charge in [-0.3, -0.25) is 0 Å². The Labute approximate surface area is 139 Å². The molecule has 0 fully saturated rings. The first kappa shape index (κ1) is 16.7. The minimum Gasteiger partial charge on any atom is -0.380 e. The number of para-hydroxylation sites is 1. The largest absolute Gasteiger partial charge is 0.380 e. The van der Waals surface area contributed by atoms with Gasteiger partial charge in [0.15, 0.2) is 5.96 Å². The van der Waals surface area contributed by atoms with E-state index in [1.54, 1.807) is 17.7 Å². The average Bonchev–Trinajstić information content (AvgIpc) is 2.75. The summed E-state index contributed by atoms with van der Waals surface area (Å²) in [6.07, 6.45) is 0. The fourth-order valence-corrected chi connectivity index (χ4v) is 2.42. The molecule has 0 aliphatic carbocycles. The molecule has 0 bridgehead atoms. The number of nitrogens with one attached hydrogen (secondary N) is 1. The normalized spacial score (nSPS) is 11.7. The molecule has 0 aliphatic rings. The van der Waals surface area contributed by atoms with Crippen LogP contribution in [0.2, 0.25) is 10.2 Å². The highest BCUT2D eigenvalue weighted by atomic mass is 35.5. The van der Waals surface area contributed by atoms with E-state index in [4.69, 9.17) is 33.7 Å². The number of methoxy groups -OCH3 is 1. The van der Waals surface area contributed by atoms with Gasteiger partial charge in [0.2, 0.25) is 0 Å². The van der Waals surface area contributed by atoms with E-state index in [0.717, 1.165) is 16.9 Å². The Morgan fingerprint density at radius 3 is 2.73 bits per heavy atom. The second-order valence-electron chi connectivity index (χ2n) is 4.75. The maximum atomic E-state index is 6.02. The number of nitrogens with zero attached hydrogens (tertiary/aromatic N) is 2. The van der Waals surface area contributed by atoms with Crippen LogP contribution in [0.1, 0.15) is 11.3 Å². The van der Waals surface area contributed by atoms with Gasteiger partial charge in [0.05, 0.1) is 18.2 Å². The third kappa shape index (κ3) is 3.94. The molecule has 0 aliphatic heterocycles. The van der Waals surface area contributed by atoms with Gasteiger partial charge in [-0.25, -0.2) is 4.99 Å². The van der Waals surface area contributed by atoms with Crippen molar-refractivity contribution in [3.63, 3.8) is 0 Å². The molecule has 0 radical (unpaired) electrons. The van der Waals surface area contributed by atoms with E-state index in [-0.39, 0.29) is 0 Å². The predicted molar refractivity (Wildman–Crippen MR) is 91.5 cm³/mol. The van der Waals surface area contributed by atoms with Crippen molar-refractivity contribution in [2.75, 3.05) is 12.4 Å². The van der Waals surface area contributed by atoms with E-state index >= 15 is 0 Å². The summed E-state index contributed by atoms with van der Waals surface area (Å²) in [5, 5.41) is 4.07. The SMILES string of the molecule is COCc1ccccc1NC(N)=NCc1cc(Cl)c(Cl)n1C. The number of aromatic nitrogens is 1. The van der Waals surface area contributed by atoms with Gasteiger partial charge in [0, 0.05) is 31.1 Å². The third-order valence-corrected chi connectivity index (χ3v) is 4.05. The van der Waals surface area contributed by atoms with Gasteiger partial charge in [0.25, 0.3) is 0 Å². The molecule has 0 saturated heterocycles. The van der Waals surface area contributed by atoms with Gasteiger partial charge < -0.3 is 20.4 Å². The molecular formula is C15H18Cl2N4O. The molecule has 0 unspecified atom stereocenters. The maximum absolute atomic E-state index is 6.02. The lowest BCUT2D eigenvalue weighted by molar-refractivity contribution is 0.185. The molecule has 1 aromatic carbocycles. The molecule has 118 valence electrons. The molecule has 2 aromatic rings. The summed E-state index contributed by atoms with van der Waals surface area (Å²) >= 11 is 12.0. The van der Waals surface area contributed by atoms with Gasteiger partial charge in [-0.1, -0.05) is 41.4 Å². The lowest BCUT2D eigenvalue weighted by atomic mass is 10.2. The molecule has 1 aromatic heterocycles. The van der Waals surface area contributed by atoms with Crippen LogP contribution < -0.4 is 11.1 Å². The summed E-state index contributed by atoms with van der Waals surface area (Å²) in [5.74, 6) is 0.317. The highest BCUT2D eigenvalue weighted by molar-refractivity contribution is 6.41. The summed E-state index contributed by atoms with van der Waals surface area (Å²) in [6, 6.07) is 9.54. The summed E-state index contributed by atoms with van der Waals surface area (Å²) < 4.78 is 6.94. The first-order valence-electron chi connectivity index (χ1n) is 6.66. The Morgan fingerprint density at radius 2 is 2.09 bits per heavy atom. The van der Waals surface area contributed by atoms with Crippen molar-refractivity contribution in [3.05, 3.63) is 51.8 Å². The van der Waals surface area contributed by atoms with Gasteiger partial charge in [-0.05, 0) is 12.1 Å². The van der Waals surface area contributed by atoms with E-state index in [1.165, 1.54) is 0 Å². The monoisotopic (exact) mass is 340 g/mol. The van der Waals surface area contributed by atoms with E-state index in [1.807, 2.05) is 31.3 Å². The minimum atomic E-state index is 0.317. The topological polar surface area (TPSA) is 64.6 Å². The number of hydrogen-bond acceptors (Lipinski definition) is 2. The van der Waals surface area contributed by atoms with Crippen LogP contribution in [0, 0.1) is 0 Å². The number of benzene rings is 1. The molecule has 5 nitrogen and oxygen atoms in total. The Morgan fingerprint density at radius 1 is 1.36 bits per heavy atom. The maximum Gasteiger partial charge on any atom is 0.193 e. The van der Waals surface area contributed by atoms with Gasteiger partial charge >= 0.3 is 0 Å². The molecule has 22 heavy (non-hydrogen) atoms. The van der Waals surface area contributed by atoms with E-state index < -0.39 is 0 Å². The van der Waals surface area contributed by atoms with E-state index in [9.17, 15) is 0 Å². The number of aliphatic imine (C=N–C) groups is 1. The Kier molecular flexibility index (Phi) is 5.71. The molecule has 3 N–H and O–H groups in total. The average molecular weight is 341 g/mol. The fraction of sp³-hybridized carbons (Fsp3) is 0.267. The smallest absolute Gasteiger partial charge is 0.193 e. The molecule has 0 spiro atoms. The van der Waals surface area contributed by atoms with Gasteiger partial charge in [0.1, 0.15) is 5.15 Å². The number of hydrogen-bond donors (Lipinski definition) is 2. The van der Waals surface area contributed by atoms with Crippen molar-refractivity contribution in [3.8, 4) is 0 Å². The molecule has 7 heteroatoms. The van der Waals surface area contributed by atoms with Crippen molar-refractivity contribution in [1.82, 2.24) is 4.57 Å². The Hall–Kier alpha value is -1.69. The van der Waals surface area contributed by atoms with Crippen LogP contribution in [0.4, 0.5) is 5.69 Å². The minimum absolute atomic E-state index is 0.317. The summed E-state index contributed by atoms with van der Waals surface area (Å²) in [4.78, 5) is 4.31. The first-order valence-corrected chi connectivity index (χ1v) is 7.42. The molecule has 0 saturated carbocycles. The van der Waals surface area contributed by atoms with Gasteiger partial charge in [-0.2, -0.15) is 0 Å². The zero-order chi connectivity index (χ0) is 16.1. The highest BCUT2D eigenvalue weighted by Crippen LogP contribution is 2.25. The summed E-state index contributed by atoms with van der Waals surface area (Å²) in [6.45, 7) is 0.883. The Balaban J connectivity index is 2.08. The van der Waals surface area contributed by atoms with Crippen molar-refractivity contribution in [1.29, 1.82) is 0 Å². The molecular weight excluding hydrogens is 323 g/mol. The van der Waals surface area contributed by atoms with Crippen LogP contribution in [0.5, 0.6) is 0 Å². The number of anilines is 1. The second-order valence-corrected chi connectivity index (χ2v) is 5.52. The zero-order valence-corrected chi connectivity index (χ0v) is 13.9. The highest BCUT2D eigenvalue weighted by Gasteiger charge is 2.08. The standard InChI is InChI=1S/C15H18Cl2N4O/c1-21-11(7-12(16)14(21)17)8-19-15(18)20-13-6-4-3-5-10(13)9-22-2/h3-7H,8-9H2,1-2H3,(H3,18,19,20). The van der Waals surface area contributed by atoms with E-state index in [0.29, 0.717) is 29.3 Å². The number of nitrogens with two attached hydrogens (primary N) is 1. The van der Waals surface area contributed by atoms with Crippen LogP contribution in [0.25, 0.3) is 0 Å². The molecule has 1 heterocycles. The summed E-state index contributed by atoms with van der Waals surface area (Å²) in [5.41, 5.74) is 8.69. The molecule has 2 rings (SSSR count). The zero-order valence-electron chi connectivity index (χ0n) is 12.4. The van der Waals surface area contributed by atoms with Crippen LogP contribution in [-0.4, -0.2) is 17.6 Å².